The topological polar surface area (TPSA) is 303 Å². The van der Waals surface area contributed by atoms with Gasteiger partial charge in [0.05, 0.1) is 31.4 Å². The minimum Gasteiger partial charge on any atom is -0.397 e. The predicted molar refractivity (Wildman–Crippen MR) is 268 cm³/mol. The monoisotopic (exact) mass is 962 g/mol. The van der Waals surface area contributed by atoms with Crippen LogP contribution in [0.15, 0.2) is 75.7 Å². The average Bonchev–Trinajstić information content (AvgIpc) is 3.77. The molecule has 2 saturated heterocycles. The fraction of sp³-hybridized carbons (Fsp3) is 0.417. The van der Waals surface area contributed by atoms with Gasteiger partial charge < -0.3 is 53.2 Å². The molecule has 3 unspecified atom stereocenters. The van der Waals surface area contributed by atoms with Crippen LogP contribution in [0.2, 0.25) is 0 Å². The van der Waals surface area contributed by atoms with Gasteiger partial charge in [0.2, 0.25) is 5.91 Å². The maximum absolute atomic E-state index is 12.9. The molecule has 4 aromatic rings. The van der Waals surface area contributed by atoms with E-state index in [4.69, 9.17) is 27.8 Å². The molecule has 0 aliphatic carbocycles. The Morgan fingerprint density at radius 2 is 1.77 bits per heavy atom. The summed E-state index contributed by atoms with van der Waals surface area (Å²) in [5, 5.41) is 24.1. The van der Waals surface area contributed by atoms with Crippen molar-refractivity contribution in [2.75, 3.05) is 74.2 Å². The van der Waals surface area contributed by atoms with Crippen molar-refractivity contribution in [2.45, 2.75) is 69.6 Å². The maximum Gasteiger partial charge on any atom is 0.330 e. The highest BCUT2D eigenvalue weighted by Gasteiger charge is 2.36. The van der Waals surface area contributed by atoms with Crippen LogP contribution in [0, 0.1) is 36.5 Å². The third-order valence-corrected chi connectivity index (χ3v) is 12.5. The van der Waals surface area contributed by atoms with E-state index in [9.17, 15) is 24.3 Å². The van der Waals surface area contributed by atoms with Gasteiger partial charge in [0, 0.05) is 79.3 Å². The summed E-state index contributed by atoms with van der Waals surface area (Å²) < 4.78 is 7.20. The number of anilines is 3. The van der Waals surface area contributed by atoms with Gasteiger partial charge in [-0.3, -0.25) is 28.9 Å². The summed E-state index contributed by atoms with van der Waals surface area (Å²) in [4.78, 5) is 63.2. The second-order valence-electron chi connectivity index (χ2n) is 16.6. The molecule has 0 spiro atoms. The minimum absolute atomic E-state index is 0.0142. The highest BCUT2D eigenvalue weighted by molar-refractivity contribution is 7.99. The molecule has 2 aromatic heterocycles. The number of nitrogens with one attached hydrogen (secondary N) is 5. The molecule has 2 aliphatic rings. The van der Waals surface area contributed by atoms with Gasteiger partial charge in [-0.05, 0) is 74.7 Å². The number of H-pyrrole nitrogens is 1. The van der Waals surface area contributed by atoms with Crippen LogP contribution in [0.5, 0.6) is 0 Å². The fourth-order valence-corrected chi connectivity index (χ4v) is 8.31. The number of aliphatic hydroxyl groups excluding tert-OH is 1. The van der Waals surface area contributed by atoms with Gasteiger partial charge in [0.1, 0.15) is 18.0 Å². The second kappa shape index (κ2) is 25.5. The number of hydrazine groups is 1. The van der Waals surface area contributed by atoms with Crippen molar-refractivity contribution in [3.63, 3.8) is 0 Å². The molecule has 2 aromatic carbocycles. The number of nitrogen functional groups attached to an aromatic ring is 1. The number of aromatic amines is 1. The number of carbonyl (C=O) groups excluding carboxylic acids is 2. The summed E-state index contributed by atoms with van der Waals surface area (Å²) in [6.07, 6.45) is 4.52. The zero-order chi connectivity index (χ0) is 49.3. The Bertz CT molecular complexity index is 2660. The van der Waals surface area contributed by atoms with E-state index < -0.39 is 29.5 Å². The van der Waals surface area contributed by atoms with E-state index in [0.717, 1.165) is 36.4 Å². The molecule has 366 valence electrons. The largest absolute Gasteiger partial charge is 0.397 e. The van der Waals surface area contributed by atoms with Crippen LogP contribution in [0.4, 0.5) is 17.3 Å². The SMILES string of the molecule is CCCSc1nc(NCCN)c(N)c(N(N)Cc2ccc(C#CCNC(=O)C3CCN(CCNC(=O)C#Cc4ccc(/C(N)=C/NC5CC(n6cc(C)c(=O)[nH]c6=O)OC5CO)cc4)CC3)cc2)n1. The van der Waals surface area contributed by atoms with Gasteiger partial charge in [-0.1, -0.05) is 60.7 Å². The smallest absolute Gasteiger partial charge is 0.330 e. The number of benzene rings is 2. The molecule has 6 rings (SSSR count). The standard InChI is InChI=1S/C48H62N14O6S/c1-3-25-69-47-57-43(54-20-18-49)42(51)44(58-47)62(52)29-34-8-6-32(7-9-34)5-4-19-55-46(66)36-16-22-60(23-17-36)24-21-53-40(64)15-12-33-10-13-35(14-11-33)37(50)27-56-38-26-41(68-39(38)30-63)61-28-31(2)45(65)59-48(61)67/h6-11,13-14,27-28,36,38-39,41,56,63H,3,16-26,29-30,49-52H2,1-2H3,(H,53,64)(H,55,66)(H,54,57,58)(H,59,65,67)/b37-27-. The lowest BCUT2D eigenvalue weighted by molar-refractivity contribution is -0.126. The Hall–Kier alpha value is -6.85. The number of aryl methyl sites for hydroxylation is 1. The number of hydrogen-bond donors (Lipinski definition) is 10. The van der Waals surface area contributed by atoms with Gasteiger partial charge in [0.25, 0.3) is 11.5 Å². The molecule has 2 fully saturated rings. The van der Waals surface area contributed by atoms with E-state index in [1.165, 1.54) is 27.5 Å². The lowest BCUT2D eigenvalue weighted by Gasteiger charge is -2.31. The van der Waals surface area contributed by atoms with Crippen LogP contribution in [0.3, 0.4) is 0 Å². The molecule has 69 heavy (non-hydrogen) atoms. The van der Waals surface area contributed by atoms with Crippen molar-refractivity contribution in [2.24, 2.45) is 23.2 Å². The summed E-state index contributed by atoms with van der Waals surface area (Å²) in [6, 6.07) is 14.4. The first kappa shape index (κ1) is 51.5. The first-order chi connectivity index (χ1) is 33.3. The molecule has 14 N–H and O–H groups in total. The fourth-order valence-electron chi connectivity index (χ4n) is 7.62. The van der Waals surface area contributed by atoms with Crippen LogP contribution < -0.4 is 60.6 Å². The van der Waals surface area contributed by atoms with Crippen molar-refractivity contribution < 1.29 is 19.4 Å². The van der Waals surface area contributed by atoms with Crippen molar-refractivity contribution in [1.82, 2.24) is 40.4 Å². The number of carbonyl (C=O) groups is 2. The Morgan fingerprint density at radius 3 is 2.48 bits per heavy atom. The molecule has 20 nitrogen and oxygen atoms in total. The summed E-state index contributed by atoms with van der Waals surface area (Å²) in [6.45, 7) is 7.49. The Kier molecular flexibility index (Phi) is 19.0. The van der Waals surface area contributed by atoms with E-state index in [0.29, 0.717) is 96.9 Å². The quantitative estimate of drug-likeness (QED) is 0.0201. The summed E-state index contributed by atoms with van der Waals surface area (Å²) in [5.41, 5.74) is 21.6. The van der Waals surface area contributed by atoms with Crippen molar-refractivity contribution in [3.05, 3.63) is 110 Å². The number of likely N-dealkylation sites (tertiary alicyclic amines) is 1. The summed E-state index contributed by atoms with van der Waals surface area (Å²) in [7, 11) is 0. The van der Waals surface area contributed by atoms with Crippen molar-refractivity contribution in [3.8, 4) is 23.7 Å². The number of thioether (sulfide) groups is 1. The third-order valence-electron chi connectivity index (χ3n) is 11.5. The van der Waals surface area contributed by atoms with Crippen molar-refractivity contribution >= 4 is 46.6 Å². The van der Waals surface area contributed by atoms with Gasteiger partial charge in [0.15, 0.2) is 16.8 Å². The van der Waals surface area contributed by atoms with E-state index in [-0.39, 0.29) is 31.0 Å². The zero-order valence-electron chi connectivity index (χ0n) is 38.9. The normalized spacial score (nSPS) is 17.2. The number of nitrogens with zero attached hydrogens (tertiary/aromatic N) is 5. The van der Waals surface area contributed by atoms with Gasteiger partial charge in [-0.2, -0.15) is 0 Å². The highest BCUT2D eigenvalue weighted by Crippen LogP contribution is 2.31. The van der Waals surface area contributed by atoms with Crippen LogP contribution in [-0.4, -0.2) is 112 Å². The number of amides is 2. The average molecular weight is 963 g/mol. The molecule has 0 radical (unpaired) electrons. The third kappa shape index (κ3) is 14.8. The summed E-state index contributed by atoms with van der Waals surface area (Å²) >= 11 is 1.54. The Balaban J connectivity index is 0.866. The molecule has 21 heteroatoms. The Labute approximate surface area is 405 Å². The van der Waals surface area contributed by atoms with Crippen molar-refractivity contribution in [1.29, 1.82) is 0 Å². The number of hydrogen-bond acceptors (Lipinski definition) is 17. The first-order valence-corrected chi connectivity index (χ1v) is 23.9. The van der Waals surface area contributed by atoms with Gasteiger partial charge >= 0.3 is 5.69 Å². The van der Waals surface area contributed by atoms with Crippen LogP contribution in [-0.2, 0) is 20.9 Å². The molecule has 2 aliphatic heterocycles. The van der Waals surface area contributed by atoms with E-state index in [1.807, 2.05) is 24.3 Å². The van der Waals surface area contributed by atoms with Gasteiger partial charge in [-0.15, -0.1) is 0 Å². The maximum atomic E-state index is 12.9. The lowest BCUT2D eigenvalue weighted by atomic mass is 9.96. The number of rotatable bonds is 19. The predicted octanol–water partition coefficient (Wildman–Crippen LogP) is 0.513. The highest BCUT2D eigenvalue weighted by atomic mass is 32.2. The molecule has 0 saturated carbocycles. The van der Waals surface area contributed by atoms with Crippen LogP contribution in [0.25, 0.3) is 5.70 Å². The number of nitrogens with two attached hydrogens (primary N) is 4. The van der Waals surface area contributed by atoms with Gasteiger partial charge in [-0.25, -0.2) is 20.6 Å². The first-order valence-electron chi connectivity index (χ1n) is 22.9. The molecule has 0 bridgehead atoms. The minimum atomic E-state index is -0.679. The molecular weight excluding hydrogens is 901 g/mol. The lowest BCUT2D eigenvalue weighted by Crippen LogP contribution is -2.43. The molecule has 3 atom stereocenters. The molecule has 2 amide bonds. The number of piperidine rings is 1. The number of aromatic nitrogens is 4. The van der Waals surface area contributed by atoms with Crippen LogP contribution in [0.1, 0.15) is 66.7 Å². The Morgan fingerprint density at radius 1 is 1.04 bits per heavy atom. The number of aliphatic hydroxyl groups is 1. The zero-order valence-corrected chi connectivity index (χ0v) is 39.7. The van der Waals surface area contributed by atoms with Crippen LogP contribution >= 0.6 is 11.8 Å². The number of ether oxygens (including phenoxy) is 1. The second-order valence-corrected chi connectivity index (χ2v) is 17.7. The van der Waals surface area contributed by atoms with E-state index in [1.54, 1.807) is 37.4 Å². The van der Waals surface area contributed by atoms with E-state index >= 15 is 0 Å². The summed E-state index contributed by atoms with van der Waals surface area (Å²) in [5.74, 6) is 19.4. The molecule has 4 heterocycles. The van der Waals surface area contributed by atoms with E-state index in [2.05, 4.69) is 71.7 Å². The molecular formula is C48H62N14O6S.